The van der Waals surface area contributed by atoms with Gasteiger partial charge in [-0.1, -0.05) is 47.1 Å². The molecule has 2 nitrogen and oxygen atoms in total. The van der Waals surface area contributed by atoms with Gasteiger partial charge in [-0.25, -0.2) is 0 Å². The SMILES string of the molecule is CC1=CC(O[Si](C)(C)C(C)(C)C)=C(O[Si](C)(C)C(C)(C)C)C1. The maximum Gasteiger partial charge on any atom is 0.250 e. The third-order valence-electron chi connectivity index (χ3n) is 5.45. The Bertz CT molecular complexity index is 486. The quantitative estimate of drug-likeness (QED) is 0.537. The molecule has 0 heterocycles. The van der Waals surface area contributed by atoms with E-state index < -0.39 is 16.6 Å². The van der Waals surface area contributed by atoms with Gasteiger partial charge in [-0.3, -0.25) is 0 Å². The molecule has 1 aliphatic carbocycles. The van der Waals surface area contributed by atoms with Crippen LogP contribution in [0.1, 0.15) is 54.9 Å². The Labute approximate surface area is 140 Å². The normalized spacial score (nSPS) is 17.7. The molecular formula is C18H36O2Si2. The summed E-state index contributed by atoms with van der Waals surface area (Å²) in [6, 6.07) is 0. The number of rotatable bonds is 4. The first-order valence-electron chi connectivity index (χ1n) is 8.35. The van der Waals surface area contributed by atoms with Crippen molar-refractivity contribution in [2.24, 2.45) is 0 Å². The zero-order chi connectivity index (χ0) is 17.6. The first kappa shape index (κ1) is 19.6. The third kappa shape index (κ3) is 4.28. The standard InChI is InChI=1S/C18H36O2Si2/c1-14-12-15(19-21(8,9)17(2,3)4)16(13-14)20-22(10,11)18(5,6)7/h12H,13H2,1-11H3. The first-order valence-corrected chi connectivity index (χ1v) is 14.2. The Kier molecular flexibility index (Phi) is 5.21. The summed E-state index contributed by atoms with van der Waals surface area (Å²) in [5.41, 5.74) is 1.34. The van der Waals surface area contributed by atoms with Crippen molar-refractivity contribution in [2.75, 3.05) is 0 Å². The van der Waals surface area contributed by atoms with Crippen molar-refractivity contribution in [1.82, 2.24) is 0 Å². The van der Waals surface area contributed by atoms with E-state index in [0.29, 0.717) is 0 Å². The average Bonchev–Trinajstić information content (AvgIpc) is 2.53. The van der Waals surface area contributed by atoms with Gasteiger partial charge in [0.25, 0.3) is 8.32 Å². The summed E-state index contributed by atoms with van der Waals surface area (Å²) in [4.78, 5) is 0. The van der Waals surface area contributed by atoms with Crippen LogP contribution in [0.5, 0.6) is 0 Å². The van der Waals surface area contributed by atoms with Crippen molar-refractivity contribution in [3.05, 3.63) is 23.2 Å². The maximum atomic E-state index is 6.57. The van der Waals surface area contributed by atoms with Crippen LogP contribution in [0.3, 0.4) is 0 Å². The van der Waals surface area contributed by atoms with Crippen molar-refractivity contribution < 1.29 is 8.85 Å². The second-order valence-electron chi connectivity index (χ2n) is 9.68. The summed E-state index contributed by atoms with van der Waals surface area (Å²) in [5.74, 6) is 2.06. The van der Waals surface area contributed by atoms with E-state index in [1.165, 1.54) is 5.57 Å². The van der Waals surface area contributed by atoms with Crippen molar-refractivity contribution in [3.8, 4) is 0 Å². The van der Waals surface area contributed by atoms with Crippen LogP contribution in [-0.4, -0.2) is 16.6 Å². The minimum absolute atomic E-state index is 0.201. The molecule has 0 fully saturated rings. The van der Waals surface area contributed by atoms with E-state index >= 15 is 0 Å². The van der Waals surface area contributed by atoms with Gasteiger partial charge in [-0.15, -0.1) is 0 Å². The predicted octanol–water partition coefficient (Wildman–Crippen LogP) is 6.59. The molecule has 1 aliphatic rings. The van der Waals surface area contributed by atoms with Gasteiger partial charge in [0.15, 0.2) is 0 Å². The highest BCUT2D eigenvalue weighted by Crippen LogP contribution is 2.43. The van der Waals surface area contributed by atoms with E-state index in [0.717, 1.165) is 17.9 Å². The molecule has 0 spiro atoms. The molecule has 0 N–H and O–H groups in total. The summed E-state index contributed by atoms with van der Waals surface area (Å²) in [5, 5.41) is 0.408. The number of allylic oxidation sites excluding steroid dienone is 2. The van der Waals surface area contributed by atoms with Gasteiger partial charge >= 0.3 is 0 Å². The summed E-state index contributed by atoms with van der Waals surface area (Å²) < 4.78 is 13.1. The van der Waals surface area contributed by atoms with Crippen LogP contribution in [0.4, 0.5) is 0 Å². The molecule has 0 saturated heterocycles. The van der Waals surface area contributed by atoms with Crippen LogP contribution >= 0.6 is 0 Å². The number of hydrogen-bond acceptors (Lipinski definition) is 2. The highest BCUT2D eigenvalue weighted by Gasteiger charge is 2.43. The molecule has 0 unspecified atom stereocenters. The van der Waals surface area contributed by atoms with Crippen LogP contribution in [0, 0.1) is 0 Å². The molecule has 0 radical (unpaired) electrons. The van der Waals surface area contributed by atoms with Gasteiger partial charge in [0.1, 0.15) is 11.5 Å². The fourth-order valence-electron chi connectivity index (χ4n) is 1.76. The fraction of sp³-hybridized carbons (Fsp3) is 0.778. The van der Waals surface area contributed by atoms with Crippen LogP contribution in [0.15, 0.2) is 23.2 Å². The van der Waals surface area contributed by atoms with Gasteiger partial charge in [0.05, 0.1) is 0 Å². The zero-order valence-corrected chi connectivity index (χ0v) is 18.6. The number of hydrogen-bond donors (Lipinski definition) is 0. The summed E-state index contributed by atoms with van der Waals surface area (Å²) in [7, 11) is -3.65. The second kappa shape index (κ2) is 5.86. The minimum Gasteiger partial charge on any atom is -0.544 e. The monoisotopic (exact) mass is 340 g/mol. The smallest absolute Gasteiger partial charge is 0.250 e. The lowest BCUT2D eigenvalue weighted by Crippen LogP contribution is -2.42. The van der Waals surface area contributed by atoms with E-state index in [1.807, 2.05) is 0 Å². The Balaban J connectivity index is 3.07. The third-order valence-corrected chi connectivity index (χ3v) is 14.2. The van der Waals surface area contributed by atoms with Crippen LogP contribution in [0.25, 0.3) is 0 Å². The molecule has 0 amide bonds. The largest absolute Gasteiger partial charge is 0.544 e. The molecule has 0 aliphatic heterocycles. The van der Waals surface area contributed by atoms with E-state index in [-0.39, 0.29) is 10.1 Å². The Morgan fingerprint density at radius 3 is 1.64 bits per heavy atom. The molecule has 4 heteroatoms. The lowest BCUT2D eigenvalue weighted by molar-refractivity contribution is 0.324. The van der Waals surface area contributed by atoms with Gasteiger partial charge in [0, 0.05) is 6.42 Å². The zero-order valence-electron chi connectivity index (χ0n) is 16.6. The Morgan fingerprint density at radius 1 is 0.818 bits per heavy atom. The Morgan fingerprint density at radius 2 is 1.23 bits per heavy atom. The molecule has 22 heavy (non-hydrogen) atoms. The topological polar surface area (TPSA) is 18.5 Å². The molecule has 0 aromatic carbocycles. The summed E-state index contributed by atoms with van der Waals surface area (Å²) in [6.45, 7) is 25.0. The molecular weight excluding hydrogens is 304 g/mol. The highest BCUT2D eigenvalue weighted by atomic mass is 28.4. The predicted molar refractivity (Wildman–Crippen MR) is 102 cm³/mol. The van der Waals surface area contributed by atoms with Gasteiger partial charge in [-0.2, -0.15) is 0 Å². The molecule has 0 aromatic rings. The minimum atomic E-state index is -1.83. The van der Waals surface area contributed by atoms with E-state index in [9.17, 15) is 0 Å². The van der Waals surface area contributed by atoms with Crippen LogP contribution in [-0.2, 0) is 8.85 Å². The molecule has 1 rings (SSSR count). The van der Waals surface area contributed by atoms with Crippen molar-refractivity contribution in [2.45, 2.75) is 91.2 Å². The van der Waals surface area contributed by atoms with Gasteiger partial charge < -0.3 is 8.85 Å². The van der Waals surface area contributed by atoms with Crippen LogP contribution < -0.4 is 0 Å². The van der Waals surface area contributed by atoms with Crippen molar-refractivity contribution >= 4 is 16.6 Å². The van der Waals surface area contributed by atoms with E-state index in [1.54, 1.807) is 0 Å². The fourth-order valence-corrected chi connectivity index (χ4v) is 3.88. The van der Waals surface area contributed by atoms with Crippen molar-refractivity contribution in [3.63, 3.8) is 0 Å². The summed E-state index contributed by atoms with van der Waals surface area (Å²) >= 11 is 0. The van der Waals surface area contributed by atoms with E-state index in [4.69, 9.17) is 8.85 Å². The lowest BCUT2D eigenvalue weighted by atomic mass is 10.2. The molecule has 0 aromatic heterocycles. The van der Waals surface area contributed by atoms with Gasteiger partial charge in [0.2, 0.25) is 8.32 Å². The van der Waals surface area contributed by atoms with Gasteiger partial charge in [-0.05, 0) is 49.3 Å². The molecule has 0 atom stereocenters. The molecule has 0 saturated carbocycles. The van der Waals surface area contributed by atoms with Crippen molar-refractivity contribution in [1.29, 1.82) is 0 Å². The maximum absolute atomic E-state index is 6.57. The van der Waals surface area contributed by atoms with E-state index in [2.05, 4.69) is 80.7 Å². The molecule has 0 bridgehead atoms. The average molecular weight is 341 g/mol. The molecule has 128 valence electrons. The second-order valence-corrected chi connectivity index (χ2v) is 19.1. The highest BCUT2D eigenvalue weighted by molar-refractivity contribution is 6.75. The Hall–Kier alpha value is -0.486. The summed E-state index contributed by atoms with van der Waals surface area (Å²) in [6.07, 6.45) is 3.08. The first-order chi connectivity index (χ1) is 9.57. The lowest BCUT2D eigenvalue weighted by Gasteiger charge is -2.39. The van der Waals surface area contributed by atoms with Crippen LogP contribution in [0.2, 0.25) is 36.3 Å².